The summed E-state index contributed by atoms with van der Waals surface area (Å²) in [6.07, 6.45) is 6.69. The van der Waals surface area contributed by atoms with Crippen LogP contribution in [0.25, 0.3) is 5.70 Å². The van der Waals surface area contributed by atoms with Gasteiger partial charge in [-0.25, -0.2) is 22.8 Å². The Morgan fingerprint density at radius 1 is 1.32 bits per heavy atom. The molecule has 128 valence electrons. The van der Waals surface area contributed by atoms with Crippen molar-refractivity contribution in [2.45, 2.75) is 6.54 Å². The third kappa shape index (κ3) is 3.06. The van der Waals surface area contributed by atoms with Gasteiger partial charge in [-0.3, -0.25) is 4.99 Å². The molecule has 2 aromatic rings. The Morgan fingerprint density at radius 2 is 2.12 bits per heavy atom. The minimum atomic E-state index is -1.01. The van der Waals surface area contributed by atoms with Gasteiger partial charge in [0.05, 0.1) is 18.8 Å². The zero-order chi connectivity index (χ0) is 18.0. The smallest absolute Gasteiger partial charge is 0.351 e. The van der Waals surface area contributed by atoms with Gasteiger partial charge in [-0.1, -0.05) is 36.9 Å². The van der Waals surface area contributed by atoms with Crippen molar-refractivity contribution in [3.63, 3.8) is 0 Å². The Bertz CT molecular complexity index is 981. The predicted octanol–water partition coefficient (Wildman–Crippen LogP) is 1.67. The van der Waals surface area contributed by atoms with E-state index in [4.69, 9.17) is 5.73 Å². The Morgan fingerprint density at radius 3 is 2.88 bits per heavy atom. The number of halogens is 2. The topological polar surface area (TPSA) is 78.2 Å². The molecule has 6 nitrogen and oxygen atoms in total. The summed E-state index contributed by atoms with van der Waals surface area (Å²) >= 11 is 0. The van der Waals surface area contributed by atoms with E-state index < -0.39 is 17.3 Å². The largest absolute Gasteiger partial charge is 0.381 e. The maximum Gasteiger partial charge on any atom is 0.351 e. The number of benzene rings is 1. The van der Waals surface area contributed by atoms with Gasteiger partial charge in [0.15, 0.2) is 17.5 Å². The summed E-state index contributed by atoms with van der Waals surface area (Å²) in [6.45, 7) is 3.56. The maximum atomic E-state index is 13.9. The second kappa shape index (κ2) is 6.68. The summed E-state index contributed by atoms with van der Waals surface area (Å²) in [4.78, 5) is 16.8. The van der Waals surface area contributed by atoms with Crippen molar-refractivity contribution in [3.05, 3.63) is 82.6 Å². The van der Waals surface area contributed by atoms with Crippen LogP contribution in [0.1, 0.15) is 11.4 Å². The van der Waals surface area contributed by atoms with E-state index in [-0.39, 0.29) is 30.3 Å². The number of aromatic nitrogens is 3. The Hall–Kier alpha value is -3.29. The molecule has 0 spiro atoms. The summed E-state index contributed by atoms with van der Waals surface area (Å²) in [5.74, 6) is -1.70. The molecule has 0 unspecified atom stereocenters. The molecule has 1 aromatic heterocycles. The molecule has 0 saturated carbocycles. The average Bonchev–Trinajstić information content (AvgIpc) is 2.92. The van der Waals surface area contributed by atoms with Crippen molar-refractivity contribution in [2.24, 2.45) is 10.7 Å². The predicted molar refractivity (Wildman–Crippen MR) is 91.1 cm³/mol. The molecule has 0 bridgehead atoms. The van der Waals surface area contributed by atoms with Gasteiger partial charge in [0.2, 0.25) is 5.82 Å². The normalized spacial score (nSPS) is 15.4. The first kappa shape index (κ1) is 16.6. The van der Waals surface area contributed by atoms with E-state index in [1.807, 2.05) is 0 Å². The number of hydrogen-bond donors (Lipinski definition) is 1. The van der Waals surface area contributed by atoms with Gasteiger partial charge in [-0.15, -0.1) is 5.10 Å². The number of rotatable bonds is 4. The molecule has 1 aliphatic heterocycles. The molecule has 1 aromatic carbocycles. The lowest BCUT2D eigenvalue weighted by molar-refractivity contribution is 0.490. The van der Waals surface area contributed by atoms with E-state index in [1.165, 1.54) is 16.7 Å². The molecule has 8 heteroatoms. The first-order chi connectivity index (χ1) is 12.0. The van der Waals surface area contributed by atoms with Crippen molar-refractivity contribution in [1.82, 2.24) is 14.3 Å². The van der Waals surface area contributed by atoms with E-state index >= 15 is 0 Å². The molecule has 0 aliphatic carbocycles. The van der Waals surface area contributed by atoms with Crippen LogP contribution >= 0.6 is 0 Å². The van der Waals surface area contributed by atoms with Crippen LogP contribution in [0.3, 0.4) is 0 Å². The van der Waals surface area contributed by atoms with Crippen LogP contribution in [0.2, 0.25) is 0 Å². The quantitative estimate of drug-likeness (QED) is 0.858. The number of amidine groups is 1. The van der Waals surface area contributed by atoms with Crippen molar-refractivity contribution >= 4 is 11.5 Å². The minimum Gasteiger partial charge on any atom is -0.381 e. The van der Waals surface area contributed by atoms with Gasteiger partial charge < -0.3 is 5.73 Å². The number of allylic oxidation sites excluding steroid dienone is 4. The molecule has 0 amide bonds. The highest BCUT2D eigenvalue weighted by atomic mass is 19.2. The molecule has 2 N–H and O–H groups in total. The van der Waals surface area contributed by atoms with Crippen molar-refractivity contribution < 1.29 is 8.78 Å². The molecule has 0 radical (unpaired) electrons. The van der Waals surface area contributed by atoms with Crippen LogP contribution in [0, 0.1) is 11.6 Å². The van der Waals surface area contributed by atoms with E-state index in [0.717, 1.165) is 10.7 Å². The molecule has 0 fully saturated rings. The van der Waals surface area contributed by atoms with Gasteiger partial charge in [0.1, 0.15) is 0 Å². The molecule has 2 heterocycles. The molecular weight excluding hydrogens is 328 g/mol. The van der Waals surface area contributed by atoms with Crippen LogP contribution < -0.4 is 11.4 Å². The van der Waals surface area contributed by atoms with Gasteiger partial charge in [0.25, 0.3) is 0 Å². The Kier molecular flexibility index (Phi) is 4.42. The Labute approximate surface area is 141 Å². The lowest BCUT2D eigenvalue weighted by Gasteiger charge is -2.12. The second-order valence-electron chi connectivity index (χ2n) is 5.29. The summed E-state index contributed by atoms with van der Waals surface area (Å²) < 4.78 is 29.6. The van der Waals surface area contributed by atoms with Crippen LogP contribution in [0.4, 0.5) is 8.78 Å². The van der Waals surface area contributed by atoms with E-state index in [1.54, 1.807) is 24.3 Å². The minimum absolute atomic E-state index is 0.0186. The molecule has 1 aliphatic rings. The summed E-state index contributed by atoms with van der Waals surface area (Å²) in [6, 6.07) is 3.78. The van der Waals surface area contributed by atoms with Crippen molar-refractivity contribution in [1.29, 1.82) is 0 Å². The van der Waals surface area contributed by atoms with E-state index in [2.05, 4.69) is 16.7 Å². The van der Waals surface area contributed by atoms with Gasteiger partial charge in [-0.05, 0) is 12.1 Å². The third-order valence-electron chi connectivity index (χ3n) is 3.65. The van der Waals surface area contributed by atoms with Crippen LogP contribution in [0.15, 0.2) is 58.9 Å². The lowest BCUT2D eigenvalue weighted by atomic mass is 10.2. The van der Waals surface area contributed by atoms with Crippen LogP contribution in [-0.4, -0.2) is 26.7 Å². The fraction of sp³-hybridized carbons (Fsp3) is 0.118. The maximum absolute atomic E-state index is 13.9. The zero-order valence-corrected chi connectivity index (χ0v) is 13.2. The summed E-state index contributed by atoms with van der Waals surface area (Å²) in [5.41, 5.74) is 5.89. The third-order valence-corrected chi connectivity index (χ3v) is 3.65. The van der Waals surface area contributed by atoms with E-state index in [9.17, 15) is 13.6 Å². The number of hydrogen-bond acceptors (Lipinski definition) is 4. The number of aliphatic imine (C=N–C) groups is 1. The van der Waals surface area contributed by atoms with Gasteiger partial charge in [0, 0.05) is 5.56 Å². The van der Waals surface area contributed by atoms with Crippen molar-refractivity contribution in [3.8, 4) is 0 Å². The standard InChI is InChI=1S/C17H15F2N5O/c1-2-3-4-7-12-9-21-15(20)16-22-23(17(25)24(12)16)10-11-6-5-8-13(18)14(11)19/h2-8H,1,9-10H2,(H2,20,21)/b4-3-,12-7+. The first-order valence-corrected chi connectivity index (χ1v) is 7.44. The number of nitrogens with zero attached hydrogens (tertiary/aromatic N) is 4. The fourth-order valence-electron chi connectivity index (χ4n) is 2.45. The summed E-state index contributed by atoms with van der Waals surface area (Å²) in [7, 11) is 0. The van der Waals surface area contributed by atoms with Crippen molar-refractivity contribution in [2.75, 3.05) is 6.54 Å². The zero-order valence-electron chi connectivity index (χ0n) is 13.2. The monoisotopic (exact) mass is 343 g/mol. The Balaban J connectivity index is 2.06. The molecule has 3 rings (SSSR count). The van der Waals surface area contributed by atoms with Crippen LogP contribution in [0.5, 0.6) is 0 Å². The first-order valence-electron chi connectivity index (χ1n) is 7.44. The molecule has 0 atom stereocenters. The van der Waals surface area contributed by atoms with E-state index in [0.29, 0.717) is 5.70 Å². The SMILES string of the molecule is C=C/C=C\C=C1/CN=C(N)c2nn(Cc3cccc(F)c3F)c(=O)n21. The highest BCUT2D eigenvalue weighted by molar-refractivity contribution is 5.96. The average molecular weight is 343 g/mol. The number of fused-ring (bicyclic) bond motifs is 1. The highest BCUT2D eigenvalue weighted by Gasteiger charge is 2.23. The molecular formula is C17H15F2N5O. The van der Waals surface area contributed by atoms with Gasteiger partial charge >= 0.3 is 5.69 Å². The highest BCUT2D eigenvalue weighted by Crippen LogP contribution is 2.14. The second-order valence-corrected chi connectivity index (χ2v) is 5.29. The van der Waals surface area contributed by atoms with Crippen LogP contribution in [-0.2, 0) is 6.54 Å². The summed E-state index contributed by atoms with van der Waals surface area (Å²) in [5, 5.41) is 4.11. The van der Waals surface area contributed by atoms with Gasteiger partial charge in [-0.2, -0.15) is 0 Å². The molecule has 25 heavy (non-hydrogen) atoms. The lowest BCUT2D eigenvalue weighted by Crippen LogP contribution is -2.31. The fourth-order valence-corrected chi connectivity index (χ4v) is 2.45. The molecule has 0 saturated heterocycles. The number of nitrogens with two attached hydrogens (primary N) is 1.